The van der Waals surface area contributed by atoms with E-state index in [9.17, 15) is 0 Å². The molecule has 0 nitrogen and oxygen atoms in total. The predicted octanol–water partition coefficient (Wildman–Crippen LogP) is 6.48. The van der Waals surface area contributed by atoms with Crippen LogP contribution in [0.3, 0.4) is 0 Å². The summed E-state index contributed by atoms with van der Waals surface area (Å²) in [6.45, 7) is 6.25. The van der Waals surface area contributed by atoms with Crippen molar-refractivity contribution in [1.29, 1.82) is 0 Å². The molecule has 1 heteroatoms. The van der Waals surface area contributed by atoms with Crippen molar-refractivity contribution in [3.05, 3.63) is 106 Å². The Morgan fingerprint density at radius 2 is 1.04 bits per heavy atom. The molecular weight excluding hydrogens is 413 g/mol. The zero-order valence-corrected chi connectivity index (χ0v) is 18.2. The largest absolute Gasteiger partial charge is 0.184 e. The summed E-state index contributed by atoms with van der Waals surface area (Å²) in [4.78, 5) is 0. The van der Waals surface area contributed by atoms with Gasteiger partial charge in [0, 0.05) is 49.4 Å². The molecule has 28 heavy (non-hydrogen) atoms. The Balaban J connectivity index is 0.00000243. The quantitative estimate of drug-likeness (QED) is 0.277. The molecule has 0 aromatic heterocycles. The maximum absolute atomic E-state index is 3.29. The van der Waals surface area contributed by atoms with Crippen LogP contribution in [-0.2, 0) is 32.7 Å². The monoisotopic (exact) mass is 440 g/mol. The van der Waals surface area contributed by atoms with E-state index in [1.165, 1.54) is 5.56 Å². The van der Waals surface area contributed by atoms with Crippen molar-refractivity contribution < 1.29 is 32.7 Å². The van der Waals surface area contributed by atoms with Gasteiger partial charge < -0.3 is 0 Å². The van der Waals surface area contributed by atoms with Crippen molar-refractivity contribution in [1.82, 2.24) is 0 Å². The second-order valence-electron chi connectivity index (χ2n) is 6.14. The van der Waals surface area contributed by atoms with Crippen LogP contribution in [0.2, 0.25) is 0 Å². The minimum absolute atomic E-state index is 0. The number of hydrogen-bond donors (Lipinski definition) is 0. The molecule has 0 saturated carbocycles. The fraction of sp³-hybridized carbons (Fsp3) is 0.185. The predicted molar refractivity (Wildman–Crippen MR) is 118 cm³/mol. The molecule has 1 radical (unpaired) electrons. The molecule has 0 unspecified atom stereocenters. The molecule has 0 atom stereocenters. The molecule has 0 aliphatic rings. The van der Waals surface area contributed by atoms with Crippen molar-refractivity contribution >= 4 is 0 Å². The number of hydrogen-bond acceptors (Lipinski definition) is 0. The van der Waals surface area contributed by atoms with Gasteiger partial charge in [-0.25, -0.2) is 0 Å². The van der Waals surface area contributed by atoms with Gasteiger partial charge >= 0.3 is 0 Å². The van der Waals surface area contributed by atoms with Crippen molar-refractivity contribution in [2.75, 3.05) is 0 Å². The zero-order valence-electron chi connectivity index (χ0n) is 15.4. The summed E-state index contributed by atoms with van der Waals surface area (Å²) in [7, 11) is 0. The topological polar surface area (TPSA) is 0 Å². The molecule has 0 heterocycles. The average molecular weight is 440 g/mol. The van der Waals surface area contributed by atoms with Crippen LogP contribution < -0.4 is 0 Å². The van der Waals surface area contributed by atoms with Crippen LogP contribution in [0.15, 0.2) is 60.7 Å². The van der Waals surface area contributed by atoms with E-state index in [0.29, 0.717) is 0 Å². The summed E-state index contributed by atoms with van der Waals surface area (Å²) in [6, 6.07) is 23.2. The first-order valence-electron chi connectivity index (χ1n) is 8.30. The Labute approximate surface area is 196 Å². The molecule has 0 spiro atoms. The minimum atomic E-state index is 0. The van der Waals surface area contributed by atoms with Gasteiger partial charge in [-0.2, -0.15) is 30.3 Å². The molecule has 0 aliphatic carbocycles. The first-order chi connectivity index (χ1) is 12.1. The molecule has 0 aliphatic heterocycles. The van der Waals surface area contributed by atoms with E-state index < -0.39 is 0 Å². The first-order valence-corrected chi connectivity index (χ1v) is 8.30. The summed E-state index contributed by atoms with van der Waals surface area (Å²) in [5.41, 5.74) is 7.68. The Kier molecular flexibility index (Phi) is 11.4. The smallest absolute Gasteiger partial charge is 0.0281 e. The SMILES string of the molecule is C.C.Cc1ccc(C#Cc2cc(C)c(C#Cc3cc[c-]cc3)cc2C)cc1.[Y]. The molecule has 0 bridgehead atoms. The van der Waals surface area contributed by atoms with E-state index in [-0.39, 0.29) is 47.6 Å². The number of rotatable bonds is 0. The second-order valence-corrected chi connectivity index (χ2v) is 6.14. The number of aryl methyl sites for hydroxylation is 3. The zero-order chi connectivity index (χ0) is 17.6. The molecule has 0 amide bonds. The minimum Gasteiger partial charge on any atom is -0.184 e. The third-order valence-corrected chi connectivity index (χ3v) is 4.02. The molecule has 3 aromatic rings. The normalized spacial score (nSPS) is 8.54. The van der Waals surface area contributed by atoms with E-state index in [1.807, 2.05) is 24.3 Å². The van der Waals surface area contributed by atoms with Gasteiger partial charge in [-0.3, -0.25) is 0 Å². The van der Waals surface area contributed by atoms with E-state index in [2.05, 4.69) is 86.9 Å². The molecule has 0 N–H and O–H groups in total. The van der Waals surface area contributed by atoms with Crippen LogP contribution in [0.25, 0.3) is 0 Å². The molecule has 139 valence electrons. The Bertz CT molecular complexity index is 1010. The maximum atomic E-state index is 3.29. The Morgan fingerprint density at radius 3 is 1.50 bits per heavy atom. The van der Waals surface area contributed by atoms with Crippen LogP contribution in [0.5, 0.6) is 0 Å². The molecule has 3 rings (SSSR count). The van der Waals surface area contributed by atoms with Crippen LogP contribution >= 0.6 is 0 Å². The van der Waals surface area contributed by atoms with E-state index in [4.69, 9.17) is 0 Å². The third kappa shape index (κ3) is 7.13. The molecule has 0 saturated heterocycles. The average Bonchev–Trinajstić information content (AvgIpc) is 2.63. The third-order valence-electron chi connectivity index (χ3n) is 4.02. The Hall–Kier alpha value is -2.12. The van der Waals surface area contributed by atoms with Gasteiger partial charge in [0.2, 0.25) is 0 Å². The summed E-state index contributed by atoms with van der Waals surface area (Å²) in [5, 5.41) is 0. The van der Waals surface area contributed by atoms with Gasteiger partial charge in [-0.1, -0.05) is 61.8 Å². The van der Waals surface area contributed by atoms with E-state index in [0.717, 1.165) is 33.4 Å². The van der Waals surface area contributed by atoms with Crippen molar-refractivity contribution in [3.8, 4) is 23.7 Å². The van der Waals surface area contributed by atoms with E-state index in [1.54, 1.807) is 0 Å². The standard InChI is InChI=1S/C25H19.2CH4.Y/c1-19-9-11-23(12-10-19)14-16-25-18-20(2)24(17-21(25)3)15-13-22-7-5-4-6-8-22;;;/h5-12,17-18H,1-3H3;2*1H4;/q-1;;;. The van der Waals surface area contributed by atoms with Gasteiger partial charge in [-0.05, 0) is 56.2 Å². The fourth-order valence-electron chi connectivity index (χ4n) is 2.47. The van der Waals surface area contributed by atoms with Gasteiger partial charge in [0.25, 0.3) is 0 Å². The number of benzene rings is 3. The van der Waals surface area contributed by atoms with Gasteiger partial charge in [0.05, 0.1) is 0 Å². The van der Waals surface area contributed by atoms with Gasteiger partial charge in [0.1, 0.15) is 0 Å². The van der Waals surface area contributed by atoms with Gasteiger partial charge in [-0.15, -0.1) is 0 Å². The van der Waals surface area contributed by atoms with Crippen molar-refractivity contribution in [2.45, 2.75) is 35.6 Å². The van der Waals surface area contributed by atoms with Gasteiger partial charge in [0.15, 0.2) is 0 Å². The first kappa shape index (κ1) is 25.9. The summed E-state index contributed by atoms with van der Waals surface area (Å²) >= 11 is 0. The van der Waals surface area contributed by atoms with Crippen LogP contribution in [0.4, 0.5) is 0 Å². The molecule has 3 aromatic carbocycles. The summed E-state index contributed by atoms with van der Waals surface area (Å²) < 4.78 is 0. The summed E-state index contributed by atoms with van der Waals surface area (Å²) in [5.74, 6) is 13.0. The Morgan fingerprint density at radius 1 is 0.607 bits per heavy atom. The van der Waals surface area contributed by atoms with Crippen LogP contribution in [0.1, 0.15) is 53.8 Å². The second kappa shape index (κ2) is 12.4. The maximum Gasteiger partial charge on any atom is 0.0281 e. The summed E-state index contributed by atoms with van der Waals surface area (Å²) in [6.07, 6.45) is 0. The molecule has 0 fully saturated rings. The molecular formula is C27H27Y-. The van der Waals surface area contributed by atoms with E-state index >= 15 is 0 Å². The van der Waals surface area contributed by atoms with Crippen LogP contribution in [-0.4, -0.2) is 0 Å². The van der Waals surface area contributed by atoms with Crippen molar-refractivity contribution in [3.63, 3.8) is 0 Å². The van der Waals surface area contributed by atoms with Crippen LogP contribution in [0, 0.1) is 50.5 Å². The van der Waals surface area contributed by atoms with Crippen molar-refractivity contribution in [2.24, 2.45) is 0 Å². The fourth-order valence-corrected chi connectivity index (χ4v) is 2.47.